The monoisotopic (exact) mass is 406 g/mol. The van der Waals surface area contributed by atoms with Crippen LogP contribution in [-0.4, -0.2) is 24.1 Å². The van der Waals surface area contributed by atoms with Gasteiger partial charge in [-0.25, -0.2) is 0 Å². The molecule has 1 unspecified atom stereocenters. The summed E-state index contributed by atoms with van der Waals surface area (Å²) in [6.45, 7) is 5.35. The normalized spacial score (nSPS) is 18.6. The molecule has 1 aromatic carbocycles. The molecule has 0 fully saturated rings. The number of ether oxygens (including phenoxy) is 1. The Morgan fingerprint density at radius 3 is 2.68 bits per heavy atom. The Labute approximate surface area is 134 Å². The van der Waals surface area contributed by atoms with E-state index in [9.17, 15) is 0 Å². The molecule has 3 nitrogen and oxygen atoms in total. The summed E-state index contributed by atoms with van der Waals surface area (Å²) in [5.74, 6) is 1.44. The molecule has 1 aromatic rings. The Hall–Kier alpha value is -0.200. The van der Waals surface area contributed by atoms with E-state index in [1.165, 1.54) is 0 Å². The van der Waals surface area contributed by atoms with Crippen molar-refractivity contribution >= 4 is 54.5 Å². The fourth-order valence-electron chi connectivity index (χ4n) is 1.70. The lowest BCUT2D eigenvalue weighted by Gasteiger charge is -2.14. The molecule has 104 valence electrons. The third kappa shape index (κ3) is 3.67. The van der Waals surface area contributed by atoms with Gasteiger partial charge in [-0.2, -0.15) is 0 Å². The van der Waals surface area contributed by atoms with Crippen molar-refractivity contribution in [2.75, 3.05) is 19.0 Å². The largest absolute Gasteiger partial charge is 0.495 e. The number of amidine groups is 1. The van der Waals surface area contributed by atoms with Crippen LogP contribution in [0, 0.1) is 5.92 Å². The second-order valence-corrected chi connectivity index (χ2v) is 7.57. The quantitative estimate of drug-likeness (QED) is 0.784. The molecule has 0 saturated heterocycles. The van der Waals surface area contributed by atoms with Gasteiger partial charge < -0.3 is 10.1 Å². The van der Waals surface area contributed by atoms with Gasteiger partial charge in [-0.15, -0.1) is 0 Å². The summed E-state index contributed by atoms with van der Waals surface area (Å²) < 4.78 is 7.22. The Bertz CT molecular complexity index is 506. The van der Waals surface area contributed by atoms with Crippen LogP contribution < -0.4 is 10.1 Å². The summed E-state index contributed by atoms with van der Waals surface area (Å²) in [5.41, 5.74) is 0.968. The summed E-state index contributed by atoms with van der Waals surface area (Å²) in [7, 11) is 1.66. The van der Waals surface area contributed by atoms with Gasteiger partial charge in [-0.3, -0.25) is 4.99 Å². The number of aliphatic imine (C=N–C) groups is 1. The molecule has 6 heteroatoms. The van der Waals surface area contributed by atoms with Gasteiger partial charge in [0.1, 0.15) is 5.75 Å². The first-order valence-corrected chi connectivity index (χ1v) is 8.49. The van der Waals surface area contributed by atoms with Crippen LogP contribution >= 0.6 is 43.6 Å². The minimum Gasteiger partial charge on any atom is -0.495 e. The number of halogens is 2. The van der Waals surface area contributed by atoms with E-state index < -0.39 is 0 Å². The smallest absolute Gasteiger partial charge is 0.161 e. The lowest BCUT2D eigenvalue weighted by atomic mass is 10.1. The summed E-state index contributed by atoms with van der Waals surface area (Å²) in [4.78, 5) is 4.55. The first kappa shape index (κ1) is 15.2. The van der Waals surface area contributed by atoms with Gasteiger partial charge in [0, 0.05) is 15.8 Å². The summed E-state index contributed by atoms with van der Waals surface area (Å²) in [6, 6.07) is 3.93. The lowest BCUT2D eigenvalue weighted by molar-refractivity contribution is 0.412. The molecule has 1 heterocycles. The standard InChI is InChI=1S/C13H16Br2N2OS/c1-7(2)12-6-16-13(19-12)17-10-5-11(18-3)9(15)4-8(10)14/h4-5,7,12H,6H2,1-3H3,(H,16,17). The number of nitrogens with zero attached hydrogens (tertiary/aromatic N) is 1. The van der Waals surface area contributed by atoms with Crippen LogP contribution in [0.3, 0.4) is 0 Å². The van der Waals surface area contributed by atoms with E-state index in [1.54, 1.807) is 18.9 Å². The number of thioether (sulfide) groups is 1. The topological polar surface area (TPSA) is 33.6 Å². The highest BCUT2D eigenvalue weighted by molar-refractivity contribution is 9.11. The van der Waals surface area contributed by atoms with Crippen LogP contribution in [0.15, 0.2) is 26.1 Å². The Kier molecular flexibility index (Phi) is 5.20. The van der Waals surface area contributed by atoms with Gasteiger partial charge >= 0.3 is 0 Å². The highest BCUT2D eigenvalue weighted by Crippen LogP contribution is 2.36. The van der Waals surface area contributed by atoms with Gasteiger partial charge in [-0.05, 0) is 43.8 Å². The highest BCUT2D eigenvalue weighted by atomic mass is 79.9. The van der Waals surface area contributed by atoms with Gasteiger partial charge in [0.25, 0.3) is 0 Å². The predicted octanol–water partition coefficient (Wildman–Crippen LogP) is 4.76. The minimum absolute atomic E-state index is 0.568. The number of hydrogen-bond donors (Lipinski definition) is 1. The molecule has 2 rings (SSSR count). The van der Waals surface area contributed by atoms with Crippen molar-refractivity contribution in [2.45, 2.75) is 19.1 Å². The van der Waals surface area contributed by atoms with Crippen LogP contribution in [-0.2, 0) is 0 Å². The van der Waals surface area contributed by atoms with Crippen LogP contribution in [0.5, 0.6) is 5.75 Å². The molecular formula is C13H16Br2N2OS. The van der Waals surface area contributed by atoms with Crippen LogP contribution in [0.4, 0.5) is 5.69 Å². The van der Waals surface area contributed by atoms with E-state index in [4.69, 9.17) is 4.74 Å². The first-order chi connectivity index (χ1) is 9.01. The number of nitrogens with one attached hydrogen (secondary N) is 1. The molecule has 0 spiro atoms. The molecule has 0 bridgehead atoms. The fraction of sp³-hybridized carbons (Fsp3) is 0.462. The Balaban J connectivity index is 2.12. The summed E-state index contributed by atoms with van der Waals surface area (Å²) in [6.07, 6.45) is 0. The van der Waals surface area contributed by atoms with E-state index >= 15 is 0 Å². The molecule has 1 aliphatic heterocycles. The number of benzene rings is 1. The molecule has 0 radical (unpaired) electrons. The van der Waals surface area contributed by atoms with Gasteiger partial charge in [0.2, 0.25) is 0 Å². The molecule has 1 atom stereocenters. The van der Waals surface area contributed by atoms with Crippen molar-refractivity contribution in [1.82, 2.24) is 0 Å². The fourth-order valence-corrected chi connectivity index (χ4v) is 3.98. The third-order valence-corrected chi connectivity index (χ3v) is 5.63. The first-order valence-electron chi connectivity index (χ1n) is 6.02. The maximum atomic E-state index is 5.31. The zero-order valence-electron chi connectivity index (χ0n) is 11.0. The molecule has 0 aliphatic carbocycles. The zero-order valence-corrected chi connectivity index (χ0v) is 15.0. The second kappa shape index (κ2) is 6.50. The van der Waals surface area contributed by atoms with Crippen molar-refractivity contribution in [3.63, 3.8) is 0 Å². The molecule has 0 amide bonds. The zero-order chi connectivity index (χ0) is 14.0. The van der Waals surface area contributed by atoms with Crippen molar-refractivity contribution in [3.05, 3.63) is 21.1 Å². The number of methoxy groups -OCH3 is 1. The molecular weight excluding hydrogens is 392 g/mol. The van der Waals surface area contributed by atoms with Crippen molar-refractivity contribution < 1.29 is 4.74 Å². The Morgan fingerprint density at radius 2 is 2.11 bits per heavy atom. The molecule has 1 N–H and O–H groups in total. The second-order valence-electron chi connectivity index (χ2n) is 4.64. The molecule has 0 aromatic heterocycles. The average molecular weight is 408 g/mol. The van der Waals surface area contributed by atoms with Crippen molar-refractivity contribution in [1.29, 1.82) is 0 Å². The predicted molar refractivity (Wildman–Crippen MR) is 90.5 cm³/mol. The maximum Gasteiger partial charge on any atom is 0.161 e. The van der Waals surface area contributed by atoms with Crippen LogP contribution in [0.25, 0.3) is 0 Å². The number of hydrogen-bond acceptors (Lipinski definition) is 4. The van der Waals surface area contributed by atoms with E-state index in [-0.39, 0.29) is 0 Å². The number of rotatable bonds is 3. The van der Waals surface area contributed by atoms with E-state index in [1.807, 2.05) is 12.1 Å². The molecule has 19 heavy (non-hydrogen) atoms. The van der Waals surface area contributed by atoms with Crippen molar-refractivity contribution in [3.8, 4) is 5.75 Å². The van der Waals surface area contributed by atoms with Gasteiger partial charge in [0.15, 0.2) is 5.17 Å². The van der Waals surface area contributed by atoms with Crippen LogP contribution in [0.2, 0.25) is 0 Å². The number of anilines is 1. The SMILES string of the molecule is COc1cc(NC2=NCC(C(C)C)S2)c(Br)cc1Br. The minimum atomic E-state index is 0.568. The Morgan fingerprint density at radius 1 is 1.37 bits per heavy atom. The molecule has 1 aliphatic rings. The molecule has 0 saturated carbocycles. The maximum absolute atomic E-state index is 5.31. The highest BCUT2D eigenvalue weighted by Gasteiger charge is 2.23. The summed E-state index contributed by atoms with van der Waals surface area (Å²) >= 11 is 8.82. The van der Waals surface area contributed by atoms with Gasteiger partial charge in [-0.1, -0.05) is 25.6 Å². The van der Waals surface area contributed by atoms with E-state index in [0.717, 1.165) is 32.1 Å². The van der Waals surface area contributed by atoms with Crippen LogP contribution in [0.1, 0.15) is 13.8 Å². The summed E-state index contributed by atoms with van der Waals surface area (Å²) in [5, 5.41) is 4.91. The average Bonchev–Trinajstić information content (AvgIpc) is 2.81. The van der Waals surface area contributed by atoms with E-state index in [2.05, 4.69) is 56.0 Å². The van der Waals surface area contributed by atoms with Crippen molar-refractivity contribution in [2.24, 2.45) is 10.9 Å². The lowest BCUT2D eigenvalue weighted by Crippen LogP contribution is -2.13. The van der Waals surface area contributed by atoms with E-state index in [0.29, 0.717) is 11.2 Å². The van der Waals surface area contributed by atoms with Gasteiger partial charge in [0.05, 0.1) is 23.8 Å². The third-order valence-electron chi connectivity index (χ3n) is 2.90.